The van der Waals surface area contributed by atoms with Crippen LogP contribution in [-0.2, 0) is 6.54 Å². The van der Waals surface area contributed by atoms with Crippen molar-refractivity contribution in [2.24, 2.45) is 0 Å². The number of nitrogens with two attached hydrogens (primary N) is 1. The Kier molecular flexibility index (Phi) is 2.93. The van der Waals surface area contributed by atoms with Gasteiger partial charge in [-0.1, -0.05) is 33.6 Å². The normalized spacial score (nSPS) is 10.5. The molecular weight excluding hydrogens is 279 g/mol. The van der Waals surface area contributed by atoms with Crippen LogP contribution in [0.4, 0.5) is 5.95 Å². The molecule has 0 saturated heterocycles. The van der Waals surface area contributed by atoms with Crippen LogP contribution in [0, 0.1) is 0 Å². The third-order valence-electron chi connectivity index (χ3n) is 1.90. The van der Waals surface area contributed by atoms with E-state index in [1.165, 1.54) is 0 Å². The fourth-order valence-corrected chi connectivity index (χ4v) is 1.94. The van der Waals surface area contributed by atoms with E-state index in [1.807, 2.05) is 18.2 Å². The van der Waals surface area contributed by atoms with Gasteiger partial charge in [0.15, 0.2) is 0 Å². The molecule has 0 atom stereocenters. The number of nitrogen functional groups attached to an aromatic ring is 1. The summed E-state index contributed by atoms with van der Waals surface area (Å²) in [7, 11) is 0. The lowest BCUT2D eigenvalue weighted by atomic mass is 10.2. The van der Waals surface area contributed by atoms with Crippen molar-refractivity contribution in [3.8, 4) is 0 Å². The number of rotatable bonds is 2. The number of halogens is 2. The second-order valence-electron chi connectivity index (χ2n) is 3.04. The van der Waals surface area contributed by atoms with E-state index in [1.54, 1.807) is 11.0 Å². The van der Waals surface area contributed by atoms with E-state index < -0.39 is 0 Å². The van der Waals surface area contributed by atoms with Crippen LogP contribution in [0.3, 0.4) is 0 Å². The van der Waals surface area contributed by atoms with Crippen molar-refractivity contribution in [2.45, 2.75) is 6.54 Å². The van der Waals surface area contributed by atoms with Crippen LogP contribution in [0.25, 0.3) is 0 Å². The minimum atomic E-state index is 0.267. The lowest BCUT2D eigenvalue weighted by Gasteiger charge is -2.04. The molecule has 0 bridgehead atoms. The Morgan fingerprint density at radius 1 is 1.47 bits per heavy atom. The second-order valence-corrected chi connectivity index (χ2v) is 4.36. The van der Waals surface area contributed by atoms with Crippen LogP contribution < -0.4 is 5.73 Å². The number of hydrogen-bond acceptors (Lipinski definition) is 3. The monoisotopic (exact) mass is 286 g/mol. The quantitative estimate of drug-likeness (QED) is 0.922. The van der Waals surface area contributed by atoms with Gasteiger partial charge in [-0.25, -0.2) is 9.67 Å². The van der Waals surface area contributed by atoms with Gasteiger partial charge in [0.2, 0.25) is 5.95 Å². The molecule has 0 amide bonds. The minimum Gasteiger partial charge on any atom is -0.367 e. The predicted octanol–water partition coefficient (Wildman–Crippen LogP) is 2.32. The standard InChI is InChI=1S/C9H8BrClN4/c10-7-2-1-6(8(11)3-7)4-15-5-13-9(12)14-15/h1-3,5H,4H2,(H2,12,14). The van der Waals surface area contributed by atoms with E-state index in [-0.39, 0.29) is 5.95 Å². The number of aromatic nitrogens is 3. The molecule has 6 heteroatoms. The Labute approximate surface area is 100 Å². The molecule has 78 valence electrons. The molecule has 0 aliphatic rings. The maximum absolute atomic E-state index is 6.06. The third-order valence-corrected chi connectivity index (χ3v) is 2.75. The number of anilines is 1. The van der Waals surface area contributed by atoms with Crippen molar-refractivity contribution < 1.29 is 0 Å². The first kappa shape index (κ1) is 10.4. The molecule has 2 N–H and O–H groups in total. The highest BCUT2D eigenvalue weighted by atomic mass is 79.9. The maximum atomic E-state index is 6.06. The van der Waals surface area contributed by atoms with Crippen LogP contribution in [0.2, 0.25) is 5.02 Å². The maximum Gasteiger partial charge on any atom is 0.239 e. The van der Waals surface area contributed by atoms with Crippen molar-refractivity contribution in [1.29, 1.82) is 0 Å². The van der Waals surface area contributed by atoms with Crippen molar-refractivity contribution in [3.63, 3.8) is 0 Å². The van der Waals surface area contributed by atoms with Crippen molar-refractivity contribution >= 4 is 33.5 Å². The summed E-state index contributed by atoms with van der Waals surface area (Å²) in [5.74, 6) is 0.267. The van der Waals surface area contributed by atoms with Crippen LogP contribution in [-0.4, -0.2) is 14.8 Å². The molecular formula is C9H8BrClN4. The molecule has 1 heterocycles. The van der Waals surface area contributed by atoms with Crippen molar-refractivity contribution in [1.82, 2.24) is 14.8 Å². The zero-order valence-electron chi connectivity index (χ0n) is 7.69. The average Bonchev–Trinajstić information content (AvgIpc) is 2.56. The molecule has 15 heavy (non-hydrogen) atoms. The highest BCUT2D eigenvalue weighted by molar-refractivity contribution is 9.10. The molecule has 2 aromatic rings. The zero-order chi connectivity index (χ0) is 10.8. The third kappa shape index (κ3) is 2.49. The summed E-state index contributed by atoms with van der Waals surface area (Å²) < 4.78 is 2.60. The van der Waals surface area contributed by atoms with Gasteiger partial charge >= 0.3 is 0 Å². The van der Waals surface area contributed by atoms with E-state index in [0.717, 1.165) is 10.0 Å². The van der Waals surface area contributed by atoms with E-state index in [0.29, 0.717) is 11.6 Å². The van der Waals surface area contributed by atoms with Gasteiger partial charge in [0, 0.05) is 9.50 Å². The summed E-state index contributed by atoms with van der Waals surface area (Å²) in [6.07, 6.45) is 1.58. The van der Waals surface area contributed by atoms with E-state index in [4.69, 9.17) is 17.3 Å². The molecule has 0 fully saturated rings. The summed E-state index contributed by atoms with van der Waals surface area (Å²) in [6, 6.07) is 5.71. The number of hydrogen-bond donors (Lipinski definition) is 1. The molecule has 0 aliphatic heterocycles. The van der Waals surface area contributed by atoms with Gasteiger partial charge in [-0.15, -0.1) is 5.10 Å². The first-order chi connectivity index (χ1) is 7.15. The first-order valence-corrected chi connectivity index (χ1v) is 5.41. The summed E-state index contributed by atoms with van der Waals surface area (Å²) in [5.41, 5.74) is 6.39. The van der Waals surface area contributed by atoms with Crippen LogP contribution >= 0.6 is 27.5 Å². The van der Waals surface area contributed by atoms with E-state index >= 15 is 0 Å². The van der Waals surface area contributed by atoms with Gasteiger partial charge in [-0.2, -0.15) is 0 Å². The summed E-state index contributed by atoms with van der Waals surface area (Å²) in [5, 5.41) is 4.68. The Balaban J connectivity index is 2.24. The highest BCUT2D eigenvalue weighted by Crippen LogP contribution is 2.21. The van der Waals surface area contributed by atoms with Gasteiger partial charge < -0.3 is 5.73 Å². The van der Waals surface area contributed by atoms with Gasteiger partial charge in [0.25, 0.3) is 0 Å². The van der Waals surface area contributed by atoms with Gasteiger partial charge in [0.1, 0.15) is 6.33 Å². The molecule has 0 unspecified atom stereocenters. The summed E-state index contributed by atoms with van der Waals surface area (Å²) in [6.45, 7) is 0.566. The fourth-order valence-electron chi connectivity index (χ4n) is 1.21. The Morgan fingerprint density at radius 2 is 2.27 bits per heavy atom. The molecule has 1 aromatic carbocycles. The van der Waals surface area contributed by atoms with Crippen LogP contribution in [0.15, 0.2) is 29.0 Å². The van der Waals surface area contributed by atoms with Crippen molar-refractivity contribution in [2.75, 3.05) is 5.73 Å². The summed E-state index contributed by atoms with van der Waals surface area (Å²) >= 11 is 9.41. The SMILES string of the molecule is Nc1ncn(Cc2ccc(Br)cc2Cl)n1. The Morgan fingerprint density at radius 3 is 2.87 bits per heavy atom. The molecule has 0 spiro atoms. The lowest BCUT2D eigenvalue weighted by molar-refractivity contribution is 0.687. The minimum absolute atomic E-state index is 0.267. The highest BCUT2D eigenvalue weighted by Gasteiger charge is 2.03. The van der Waals surface area contributed by atoms with Gasteiger partial charge in [-0.3, -0.25) is 0 Å². The second kappa shape index (κ2) is 4.20. The molecule has 0 saturated carbocycles. The van der Waals surface area contributed by atoms with Crippen LogP contribution in [0.1, 0.15) is 5.56 Å². The van der Waals surface area contributed by atoms with E-state index in [9.17, 15) is 0 Å². The van der Waals surface area contributed by atoms with Crippen LogP contribution in [0.5, 0.6) is 0 Å². The molecule has 1 aromatic heterocycles. The smallest absolute Gasteiger partial charge is 0.239 e. The lowest BCUT2D eigenvalue weighted by Crippen LogP contribution is -2.01. The Bertz CT molecular complexity index is 483. The topological polar surface area (TPSA) is 56.7 Å². The average molecular weight is 288 g/mol. The molecule has 4 nitrogen and oxygen atoms in total. The fraction of sp³-hybridized carbons (Fsp3) is 0.111. The molecule has 0 aliphatic carbocycles. The first-order valence-electron chi connectivity index (χ1n) is 4.24. The van der Waals surface area contributed by atoms with Gasteiger partial charge in [0.05, 0.1) is 6.54 Å². The largest absolute Gasteiger partial charge is 0.367 e. The summed E-state index contributed by atoms with van der Waals surface area (Å²) in [4.78, 5) is 3.84. The predicted molar refractivity (Wildman–Crippen MR) is 62.7 cm³/mol. The number of benzene rings is 1. The van der Waals surface area contributed by atoms with Crippen molar-refractivity contribution in [3.05, 3.63) is 39.6 Å². The zero-order valence-corrected chi connectivity index (χ0v) is 10.0. The number of nitrogens with zero attached hydrogens (tertiary/aromatic N) is 3. The van der Waals surface area contributed by atoms with Gasteiger partial charge in [-0.05, 0) is 17.7 Å². The molecule has 0 radical (unpaired) electrons. The molecule has 2 rings (SSSR count). The Hall–Kier alpha value is -1.07. The van der Waals surface area contributed by atoms with E-state index in [2.05, 4.69) is 26.0 Å².